The van der Waals surface area contributed by atoms with Gasteiger partial charge in [0.25, 0.3) is 0 Å². The Morgan fingerprint density at radius 3 is 3.19 bits per heavy atom. The molecule has 2 aliphatic rings. The zero-order chi connectivity index (χ0) is 11.1. The first-order valence-electron chi connectivity index (χ1n) is 5.96. The van der Waals surface area contributed by atoms with E-state index in [9.17, 15) is 0 Å². The first-order valence-corrected chi connectivity index (χ1v) is 5.96. The summed E-state index contributed by atoms with van der Waals surface area (Å²) >= 11 is 0. The maximum atomic E-state index is 6.35. The van der Waals surface area contributed by atoms with Crippen molar-refractivity contribution in [2.45, 2.75) is 25.4 Å². The van der Waals surface area contributed by atoms with Gasteiger partial charge in [0.1, 0.15) is 0 Å². The lowest BCUT2D eigenvalue weighted by Crippen LogP contribution is -2.46. The van der Waals surface area contributed by atoms with Gasteiger partial charge in [-0.25, -0.2) is 0 Å². The molecule has 3 heteroatoms. The molecule has 1 saturated heterocycles. The average molecular weight is 218 g/mol. The van der Waals surface area contributed by atoms with Crippen molar-refractivity contribution in [3.8, 4) is 0 Å². The standard InChI is InChI=1S/C13H18N2O/c1-8-2-3-11-9(6-8)13(14)10-7-16-5-4-12(10)15-11/h2-3,6,10,12-13,15H,4-5,7,14H2,1H3. The summed E-state index contributed by atoms with van der Waals surface area (Å²) in [6.07, 6.45) is 1.06. The lowest BCUT2D eigenvalue weighted by molar-refractivity contribution is 0.0342. The van der Waals surface area contributed by atoms with E-state index in [0.29, 0.717) is 12.0 Å². The van der Waals surface area contributed by atoms with Crippen molar-refractivity contribution in [3.63, 3.8) is 0 Å². The number of nitrogens with two attached hydrogens (primary N) is 1. The summed E-state index contributed by atoms with van der Waals surface area (Å²) in [5, 5.41) is 3.60. The predicted molar refractivity (Wildman–Crippen MR) is 64.4 cm³/mol. The molecule has 0 radical (unpaired) electrons. The Morgan fingerprint density at radius 2 is 2.31 bits per heavy atom. The van der Waals surface area contributed by atoms with Gasteiger partial charge in [0.05, 0.1) is 6.61 Å². The van der Waals surface area contributed by atoms with Crippen molar-refractivity contribution in [1.29, 1.82) is 0 Å². The molecular formula is C13H18N2O. The minimum atomic E-state index is 0.112. The van der Waals surface area contributed by atoms with Crippen LogP contribution in [-0.4, -0.2) is 19.3 Å². The molecule has 3 rings (SSSR count). The maximum absolute atomic E-state index is 6.35. The number of hydrogen-bond donors (Lipinski definition) is 2. The average Bonchev–Trinajstić information content (AvgIpc) is 2.31. The van der Waals surface area contributed by atoms with E-state index in [0.717, 1.165) is 19.6 Å². The molecule has 1 fully saturated rings. The van der Waals surface area contributed by atoms with Gasteiger partial charge in [-0.2, -0.15) is 0 Å². The molecule has 2 aliphatic heterocycles. The number of fused-ring (bicyclic) bond motifs is 2. The van der Waals surface area contributed by atoms with Crippen LogP contribution < -0.4 is 11.1 Å². The fourth-order valence-electron chi connectivity index (χ4n) is 2.81. The molecule has 16 heavy (non-hydrogen) atoms. The Labute approximate surface area is 96.0 Å². The van der Waals surface area contributed by atoms with Gasteiger partial charge in [0, 0.05) is 30.3 Å². The smallest absolute Gasteiger partial charge is 0.0532 e. The topological polar surface area (TPSA) is 47.3 Å². The highest BCUT2D eigenvalue weighted by Gasteiger charge is 2.36. The number of benzene rings is 1. The lowest BCUT2D eigenvalue weighted by atomic mass is 9.81. The molecule has 2 heterocycles. The summed E-state index contributed by atoms with van der Waals surface area (Å²) in [6.45, 7) is 3.74. The van der Waals surface area contributed by atoms with Gasteiger partial charge in [-0.3, -0.25) is 0 Å². The molecule has 3 unspecified atom stereocenters. The Balaban J connectivity index is 2.00. The third kappa shape index (κ3) is 1.51. The number of aryl methyl sites for hydroxylation is 1. The number of hydrogen-bond acceptors (Lipinski definition) is 3. The summed E-state index contributed by atoms with van der Waals surface area (Å²) < 4.78 is 5.53. The second-order valence-electron chi connectivity index (χ2n) is 4.89. The Hall–Kier alpha value is -1.06. The van der Waals surface area contributed by atoms with Crippen LogP contribution in [0.3, 0.4) is 0 Å². The highest BCUT2D eigenvalue weighted by Crippen LogP contribution is 2.38. The number of ether oxygens (including phenoxy) is 1. The van der Waals surface area contributed by atoms with E-state index in [1.807, 2.05) is 0 Å². The van der Waals surface area contributed by atoms with E-state index in [2.05, 4.69) is 30.4 Å². The fraction of sp³-hybridized carbons (Fsp3) is 0.538. The Bertz CT molecular complexity index is 405. The lowest BCUT2D eigenvalue weighted by Gasteiger charge is -2.41. The highest BCUT2D eigenvalue weighted by molar-refractivity contribution is 5.57. The first-order chi connectivity index (χ1) is 7.75. The van der Waals surface area contributed by atoms with Crippen LogP contribution in [0.2, 0.25) is 0 Å². The van der Waals surface area contributed by atoms with Crippen LogP contribution >= 0.6 is 0 Å². The molecule has 1 aromatic carbocycles. The first kappa shape index (κ1) is 10.1. The van der Waals surface area contributed by atoms with Crippen molar-refractivity contribution in [1.82, 2.24) is 0 Å². The van der Waals surface area contributed by atoms with Gasteiger partial charge in [-0.05, 0) is 25.0 Å². The number of anilines is 1. The van der Waals surface area contributed by atoms with Crippen molar-refractivity contribution in [2.24, 2.45) is 11.7 Å². The third-order valence-electron chi connectivity index (χ3n) is 3.77. The molecule has 0 bridgehead atoms. The van der Waals surface area contributed by atoms with Crippen LogP contribution in [0.1, 0.15) is 23.6 Å². The second kappa shape index (κ2) is 3.75. The summed E-state index contributed by atoms with van der Waals surface area (Å²) in [4.78, 5) is 0. The van der Waals surface area contributed by atoms with Gasteiger partial charge in [0.15, 0.2) is 0 Å². The van der Waals surface area contributed by atoms with Crippen LogP contribution in [0.4, 0.5) is 5.69 Å². The zero-order valence-electron chi connectivity index (χ0n) is 9.57. The zero-order valence-corrected chi connectivity index (χ0v) is 9.57. The molecule has 3 nitrogen and oxygen atoms in total. The highest BCUT2D eigenvalue weighted by atomic mass is 16.5. The monoisotopic (exact) mass is 218 g/mol. The predicted octanol–water partition coefficient (Wildman–Crippen LogP) is 1.83. The van der Waals surface area contributed by atoms with Crippen LogP contribution in [0.15, 0.2) is 18.2 Å². The van der Waals surface area contributed by atoms with Crippen LogP contribution in [0, 0.1) is 12.8 Å². The number of nitrogens with one attached hydrogen (secondary N) is 1. The second-order valence-corrected chi connectivity index (χ2v) is 4.89. The minimum absolute atomic E-state index is 0.112. The van der Waals surface area contributed by atoms with Crippen LogP contribution in [-0.2, 0) is 4.74 Å². The normalized spacial score (nSPS) is 32.5. The Kier molecular flexibility index (Phi) is 2.37. The quantitative estimate of drug-likeness (QED) is 0.698. The van der Waals surface area contributed by atoms with Gasteiger partial charge < -0.3 is 15.8 Å². The van der Waals surface area contributed by atoms with E-state index in [4.69, 9.17) is 10.5 Å². The summed E-state index contributed by atoms with van der Waals surface area (Å²) in [7, 11) is 0. The van der Waals surface area contributed by atoms with Crippen molar-refractivity contribution < 1.29 is 4.74 Å². The SMILES string of the molecule is Cc1ccc2c(c1)C(N)C1COCCC1N2. The van der Waals surface area contributed by atoms with E-state index in [-0.39, 0.29) is 6.04 Å². The van der Waals surface area contributed by atoms with Gasteiger partial charge in [-0.15, -0.1) is 0 Å². The summed E-state index contributed by atoms with van der Waals surface area (Å²) in [5.41, 5.74) is 10.1. The van der Waals surface area contributed by atoms with Crippen LogP contribution in [0.25, 0.3) is 0 Å². The van der Waals surface area contributed by atoms with Gasteiger partial charge in [0.2, 0.25) is 0 Å². The van der Waals surface area contributed by atoms with E-state index < -0.39 is 0 Å². The Morgan fingerprint density at radius 1 is 1.44 bits per heavy atom. The molecule has 3 atom stereocenters. The molecule has 0 spiro atoms. The molecule has 86 valence electrons. The summed E-state index contributed by atoms with van der Waals surface area (Å²) in [6, 6.07) is 7.08. The third-order valence-corrected chi connectivity index (χ3v) is 3.77. The van der Waals surface area contributed by atoms with E-state index in [1.54, 1.807) is 0 Å². The van der Waals surface area contributed by atoms with E-state index >= 15 is 0 Å². The maximum Gasteiger partial charge on any atom is 0.0532 e. The molecule has 3 N–H and O–H groups in total. The number of rotatable bonds is 0. The fourth-order valence-corrected chi connectivity index (χ4v) is 2.81. The van der Waals surface area contributed by atoms with Crippen LogP contribution in [0.5, 0.6) is 0 Å². The molecule has 0 aromatic heterocycles. The minimum Gasteiger partial charge on any atom is -0.382 e. The molecule has 0 saturated carbocycles. The molecule has 0 aliphatic carbocycles. The van der Waals surface area contributed by atoms with Crippen molar-refractivity contribution in [2.75, 3.05) is 18.5 Å². The van der Waals surface area contributed by atoms with Gasteiger partial charge >= 0.3 is 0 Å². The summed E-state index contributed by atoms with van der Waals surface area (Å²) in [5.74, 6) is 0.419. The molecule has 1 aromatic rings. The largest absolute Gasteiger partial charge is 0.382 e. The molecule has 0 amide bonds. The van der Waals surface area contributed by atoms with Gasteiger partial charge in [-0.1, -0.05) is 17.7 Å². The van der Waals surface area contributed by atoms with Crippen molar-refractivity contribution in [3.05, 3.63) is 29.3 Å². The molecular weight excluding hydrogens is 200 g/mol. The van der Waals surface area contributed by atoms with Crippen molar-refractivity contribution >= 4 is 5.69 Å². The van der Waals surface area contributed by atoms with E-state index in [1.165, 1.54) is 16.8 Å².